The fourth-order valence-electron chi connectivity index (χ4n) is 6.64. The number of para-hydroxylation sites is 1. The summed E-state index contributed by atoms with van der Waals surface area (Å²) >= 11 is 1.91. The maximum absolute atomic E-state index is 3.67. The summed E-state index contributed by atoms with van der Waals surface area (Å²) < 4.78 is 2.64. The Morgan fingerprint density at radius 1 is 0.318 bits per heavy atom. The van der Waals surface area contributed by atoms with Gasteiger partial charge in [-0.2, -0.15) is 0 Å². The molecule has 0 amide bonds. The van der Waals surface area contributed by atoms with Gasteiger partial charge >= 0.3 is 0 Å². The highest BCUT2D eigenvalue weighted by Crippen LogP contribution is 2.47. The van der Waals surface area contributed by atoms with Gasteiger partial charge in [-0.3, -0.25) is 0 Å². The second kappa shape index (κ2) is 10.1. The Hall–Kier alpha value is -5.44. The van der Waals surface area contributed by atoms with Gasteiger partial charge in [0, 0.05) is 53.1 Å². The molecule has 0 spiro atoms. The molecule has 0 fully saturated rings. The molecular weight excluding hydrogens is 551 g/mol. The van der Waals surface area contributed by atoms with E-state index in [2.05, 4.69) is 163 Å². The van der Waals surface area contributed by atoms with Crippen molar-refractivity contribution in [3.8, 4) is 44.5 Å². The first-order valence-corrected chi connectivity index (χ1v) is 15.8. The largest absolute Gasteiger partial charge is 0.354 e. The van der Waals surface area contributed by atoms with Crippen molar-refractivity contribution in [2.24, 2.45) is 0 Å². The SMILES string of the molecule is c1ccc(-c2cc(-c3ccccc3)c3sc4c(-c5ccc6c(c5)[nH]c5ccccc56)cc(-c5ccccc5)cc4c3c2)cc1. The molecule has 0 aliphatic rings. The van der Waals surface area contributed by atoms with Crippen LogP contribution in [0.3, 0.4) is 0 Å². The molecule has 2 heterocycles. The molecule has 0 saturated heterocycles. The van der Waals surface area contributed by atoms with Crippen LogP contribution in [0.5, 0.6) is 0 Å². The average molecular weight is 578 g/mol. The van der Waals surface area contributed by atoms with Crippen LogP contribution >= 0.6 is 11.3 Å². The van der Waals surface area contributed by atoms with Crippen molar-refractivity contribution in [2.45, 2.75) is 0 Å². The molecule has 0 aliphatic heterocycles. The van der Waals surface area contributed by atoms with E-state index in [1.54, 1.807) is 0 Å². The second-order valence-corrected chi connectivity index (χ2v) is 12.5. The van der Waals surface area contributed by atoms with Crippen LogP contribution in [-0.4, -0.2) is 4.98 Å². The first-order valence-electron chi connectivity index (χ1n) is 15.0. The van der Waals surface area contributed by atoms with Gasteiger partial charge in [0.25, 0.3) is 0 Å². The van der Waals surface area contributed by atoms with Gasteiger partial charge in [0.2, 0.25) is 0 Å². The Morgan fingerprint density at radius 2 is 0.818 bits per heavy atom. The molecule has 44 heavy (non-hydrogen) atoms. The lowest BCUT2D eigenvalue weighted by Crippen LogP contribution is -1.85. The number of H-pyrrole nitrogens is 1. The molecule has 0 unspecified atom stereocenters. The number of fused-ring (bicyclic) bond motifs is 6. The molecule has 1 N–H and O–H groups in total. The number of aromatic nitrogens is 1. The van der Waals surface area contributed by atoms with E-state index < -0.39 is 0 Å². The molecule has 0 aliphatic carbocycles. The monoisotopic (exact) mass is 577 g/mol. The number of nitrogens with one attached hydrogen (secondary N) is 1. The Kier molecular flexibility index (Phi) is 5.75. The van der Waals surface area contributed by atoms with Gasteiger partial charge in [0.05, 0.1) is 0 Å². The predicted octanol–water partition coefficient (Wildman–Crippen LogP) is 12.4. The fourth-order valence-corrected chi connectivity index (χ4v) is 7.98. The molecular formula is C42H27NS. The van der Waals surface area contributed by atoms with Crippen molar-refractivity contribution in [2.75, 3.05) is 0 Å². The summed E-state index contributed by atoms with van der Waals surface area (Å²) in [4.78, 5) is 3.67. The van der Waals surface area contributed by atoms with Gasteiger partial charge in [0.1, 0.15) is 0 Å². The molecule has 0 atom stereocenters. The summed E-state index contributed by atoms with van der Waals surface area (Å²) in [7, 11) is 0. The van der Waals surface area contributed by atoms with Crippen molar-refractivity contribution < 1.29 is 0 Å². The van der Waals surface area contributed by atoms with Gasteiger partial charge in [-0.05, 0) is 69.8 Å². The van der Waals surface area contributed by atoms with E-state index in [0.717, 1.165) is 0 Å². The van der Waals surface area contributed by atoms with E-state index in [4.69, 9.17) is 0 Å². The highest BCUT2D eigenvalue weighted by Gasteiger charge is 2.18. The average Bonchev–Trinajstić information content (AvgIpc) is 3.66. The summed E-state index contributed by atoms with van der Waals surface area (Å²) in [5.74, 6) is 0. The molecule has 2 heteroatoms. The van der Waals surface area contributed by atoms with Crippen molar-refractivity contribution in [3.63, 3.8) is 0 Å². The Labute approximate surface area is 259 Å². The van der Waals surface area contributed by atoms with Crippen molar-refractivity contribution in [1.29, 1.82) is 0 Å². The number of rotatable bonds is 4. The van der Waals surface area contributed by atoms with E-state index >= 15 is 0 Å². The molecule has 0 saturated carbocycles. The summed E-state index contributed by atoms with van der Waals surface area (Å²) in [6.07, 6.45) is 0. The zero-order valence-electron chi connectivity index (χ0n) is 23.9. The minimum atomic E-state index is 1.17. The first kappa shape index (κ1) is 25.1. The van der Waals surface area contributed by atoms with Crippen molar-refractivity contribution >= 4 is 53.3 Å². The molecule has 0 radical (unpaired) electrons. The van der Waals surface area contributed by atoms with E-state index in [1.165, 1.54) is 86.5 Å². The fraction of sp³-hybridized carbons (Fsp3) is 0. The second-order valence-electron chi connectivity index (χ2n) is 11.4. The highest BCUT2D eigenvalue weighted by molar-refractivity contribution is 7.27. The quantitative estimate of drug-likeness (QED) is 0.214. The van der Waals surface area contributed by atoms with E-state index in [9.17, 15) is 0 Å². The number of thiophene rings is 1. The minimum Gasteiger partial charge on any atom is -0.354 e. The smallest absolute Gasteiger partial charge is 0.0471 e. The third-order valence-electron chi connectivity index (χ3n) is 8.79. The zero-order chi connectivity index (χ0) is 29.0. The normalized spacial score (nSPS) is 11.6. The molecule has 1 nitrogen and oxygen atoms in total. The Morgan fingerprint density at radius 3 is 1.43 bits per heavy atom. The Bertz CT molecular complexity index is 2470. The van der Waals surface area contributed by atoms with Crippen LogP contribution in [0.4, 0.5) is 0 Å². The van der Waals surface area contributed by atoms with Crippen LogP contribution < -0.4 is 0 Å². The van der Waals surface area contributed by atoms with Gasteiger partial charge < -0.3 is 4.98 Å². The molecule has 9 rings (SSSR count). The predicted molar refractivity (Wildman–Crippen MR) is 190 cm³/mol. The van der Waals surface area contributed by atoms with Gasteiger partial charge in [0.15, 0.2) is 0 Å². The molecule has 9 aromatic rings. The number of hydrogen-bond donors (Lipinski definition) is 1. The number of hydrogen-bond acceptors (Lipinski definition) is 1. The Balaban J connectivity index is 1.38. The van der Waals surface area contributed by atoms with Crippen molar-refractivity contribution in [3.05, 3.63) is 158 Å². The van der Waals surface area contributed by atoms with E-state index in [-0.39, 0.29) is 0 Å². The summed E-state index contributed by atoms with van der Waals surface area (Å²) in [5, 5.41) is 5.12. The zero-order valence-corrected chi connectivity index (χ0v) is 24.7. The lowest BCUT2D eigenvalue weighted by molar-refractivity contribution is 1.54. The van der Waals surface area contributed by atoms with Gasteiger partial charge in [-0.25, -0.2) is 0 Å². The summed E-state index contributed by atoms with van der Waals surface area (Å²) in [6, 6.07) is 57.4. The molecule has 206 valence electrons. The summed E-state index contributed by atoms with van der Waals surface area (Å²) in [5.41, 5.74) is 12.3. The number of aromatic amines is 1. The third kappa shape index (κ3) is 4.07. The maximum Gasteiger partial charge on any atom is 0.0471 e. The highest BCUT2D eigenvalue weighted by atomic mass is 32.1. The molecule has 0 bridgehead atoms. The van der Waals surface area contributed by atoms with Gasteiger partial charge in [-0.1, -0.05) is 121 Å². The van der Waals surface area contributed by atoms with Crippen LogP contribution in [0.1, 0.15) is 0 Å². The van der Waals surface area contributed by atoms with Crippen LogP contribution in [-0.2, 0) is 0 Å². The van der Waals surface area contributed by atoms with Crippen LogP contribution in [0, 0.1) is 0 Å². The molecule has 2 aromatic heterocycles. The number of benzene rings is 7. The first-order chi connectivity index (χ1) is 21.8. The lowest BCUT2D eigenvalue weighted by atomic mass is 9.93. The van der Waals surface area contributed by atoms with E-state index in [0.29, 0.717) is 0 Å². The van der Waals surface area contributed by atoms with Crippen molar-refractivity contribution in [1.82, 2.24) is 4.98 Å². The topological polar surface area (TPSA) is 15.8 Å². The van der Waals surface area contributed by atoms with Crippen LogP contribution in [0.15, 0.2) is 158 Å². The van der Waals surface area contributed by atoms with Crippen LogP contribution in [0.25, 0.3) is 86.5 Å². The third-order valence-corrected chi connectivity index (χ3v) is 10.1. The minimum absolute atomic E-state index is 1.17. The molecule has 7 aromatic carbocycles. The maximum atomic E-state index is 3.67. The standard InChI is InChI=1S/C42H27NS/c1-4-12-27(13-5-1)31-22-35(29-16-8-3-9-17-29)41-37(24-31)38-25-32(28-14-6-2-7-15-28)23-36(42(38)44-41)30-20-21-34-33-18-10-11-19-39(33)43-40(34)26-30/h1-26,43H. The lowest BCUT2D eigenvalue weighted by Gasteiger charge is -2.10. The summed E-state index contributed by atoms with van der Waals surface area (Å²) in [6.45, 7) is 0. The van der Waals surface area contributed by atoms with E-state index in [1.807, 2.05) is 11.3 Å². The van der Waals surface area contributed by atoms with Crippen LogP contribution in [0.2, 0.25) is 0 Å². The van der Waals surface area contributed by atoms with Gasteiger partial charge in [-0.15, -0.1) is 11.3 Å².